The first-order valence-corrected chi connectivity index (χ1v) is 13.5. The molecule has 3 aromatic rings. The number of benzene rings is 1. The fourth-order valence-electron chi connectivity index (χ4n) is 4.06. The summed E-state index contributed by atoms with van der Waals surface area (Å²) in [5.41, 5.74) is 6.35. The van der Waals surface area contributed by atoms with E-state index in [1.807, 2.05) is 4.90 Å². The van der Waals surface area contributed by atoms with Gasteiger partial charge in [-0.3, -0.25) is 4.99 Å². The first kappa shape index (κ1) is 27.8. The summed E-state index contributed by atoms with van der Waals surface area (Å²) in [5, 5.41) is 7.88. The molecule has 4 heterocycles. The molecule has 6 rings (SSSR count). The molecule has 0 spiro atoms. The molecule has 1 saturated carbocycles. The SMILES string of the molecule is CO.Fc1ccc(-c2nc(N3CCOCC3)nc3nc(N4CCCC4)sc23)c(F)c1.N/C=C\C=NC1CC1. The second-order valence-electron chi connectivity index (χ2n) is 8.85. The molecule has 204 valence electrons. The number of anilines is 2. The summed E-state index contributed by atoms with van der Waals surface area (Å²) in [5.74, 6) is -0.737. The Hall–Kier alpha value is -3.22. The predicted octanol–water partition coefficient (Wildman–Crippen LogP) is 3.77. The van der Waals surface area contributed by atoms with Crippen LogP contribution in [0.2, 0.25) is 0 Å². The largest absolute Gasteiger partial charge is 0.405 e. The molecule has 2 saturated heterocycles. The Morgan fingerprint density at radius 3 is 2.45 bits per heavy atom. The second-order valence-corrected chi connectivity index (χ2v) is 9.83. The average Bonchev–Trinajstić information content (AvgIpc) is 3.41. The number of aliphatic hydroxyl groups excluding tert-OH is 1. The molecule has 0 bridgehead atoms. The topological polar surface area (TPSA) is 113 Å². The van der Waals surface area contributed by atoms with E-state index < -0.39 is 11.6 Å². The third kappa shape index (κ3) is 7.00. The zero-order valence-electron chi connectivity index (χ0n) is 21.4. The Morgan fingerprint density at radius 2 is 1.79 bits per heavy atom. The molecule has 1 aliphatic carbocycles. The van der Waals surface area contributed by atoms with Crippen LogP contribution >= 0.6 is 11.3 Å². The molecular formula is C26H33F2N7O2S. The number of allylic oxidation sites excluding steroid dienone is 1. The quantitative estimate of drug-likeness (QED) is 0.466. The van der Waals surface area contributed by atoms with E-state index in [0.717, 1.165) is 48.9 Å². The number of hydrogen-bond donors (Lipinski definition) is 2. The molecule has 1 aromatic carbocycles. The number of aliphatic hydroxyl groups is 1. The van der Waals surface area contributed by atoms with Crippen molar-refractivity contribution in [3.63, 3.8) is 0 Å². The zero-order chi connectivity index (χ0) is 26.9. The van der Waals surface area contributed by atoms with Crippen molar-refractivity contribution < 1.29 is 18.6 Å². The summed E-state index contributed by atoms with van der Waals surface area (Å²) in [6.07, 6.45) is 9.80. The van der Waals surface area contributed by atoms with Crippen molar-refractivity contribution in [1.82, 2.24) is 15.0 Å². The molecule has 38 heavy (non-hydrogen) atoms. The van der Waals surface area contributed by atoms with E-state index >= 15 is 0 Å². The fraction of sp³-hybridized carbons (Fsp3) is 0.462. The van der Waals surface area contributed by atoms with Crippen LogP contribution in [0.1, 0.15) is 25.7 Å². The predicted molar refractivity (Wildman–Crippen MR) is 148 cm³/mol. The van der Waals surface area contributed by atoms with Crippen molar-refractivity contribution in [2.45, 2.75) is 31.7 Å². The molecule has 9 nitrogen and oxygen atoms in total. The molecular weight excluding hydrogens is 512 g/mol. The Balaban J connectivity index is 0.000000287. The van der Waals surface area contributed by atoms with Gasteiger partial charge < -0.3 is 25.4 Å². The second kappa shape index (κ2) is 13.5. The number of hydrogen-bond acceptors (Lipinski definition) is 10. The van der Waals surface area contributed by atoms with Crippen LogP contribution in [0.4, 0.5) is 19.9 Å². The summed E-state index contributed by atoms with van der Waals surface area (Å²) < 4.78 is 34.2. The van der Waals surface area contributed by atoms with Crippen molar-refractivity contribution in [3.05, 3.63) is 42.1 Å². The van der Waals surface area contributed by atoms with Crippen LogP contribution in [-0.2, 0) is 4.74 Å². The highest BCUT2D eigenvalue weighted by molar-refractivity contribution is 7.22. The van der Waals surface area contributed by atoms with Crippen LogP contribution in [0.3, 0.4) is 0 Å². The minimum Gasteiger partial charge on any atom is -0.405 e. The van der Waals surface area contributed by atoms with Gasteiger partial charge in [-0.2, -0.15) is 9.97 Å². The minimum atomic E-state index is -0.635. The maximum Gasteiger partial charge on any atom is 0.228 e. The smallest absolute Gasteiger partial charge is 0.228 e. The van der Waals surface area contributed by atoms with Gasteiger partial charge in [-0.05, 0) is 50.1 Å². The highest BCUT2D eigenvalue weighted by Gasteiger charge is 2.24. The van der Waals surface area contributed by atoms with Gasteiger partial charge in [0.05, 0.1) is 24.9 Å². The Kier molecular flexibility index (Phi) is 9.91. The lowest BCUT2D eigenvalue weighted by molar-refractivity contribution is 0.122. The Morgan fingerprint density at radius 1 is 1.05 bits per heavy atom. The molecule has 0 unspecified atom stereocenters. The third-order valence-electron chi connectivity index (χ3n) is 6.13. The van der Waals surface area contributed by atoms with Gasteiger partial charge in [0.15, 0.2) is 10.8 Å². The Bertz CT molecular complexity index is 1250. The van der Waals surface area contributed by atoms with Crippen LogP contribution in [-0.4, -0.2) is 78.8 Å². The lowest BCUT2D eigenvalue weighted by Crippen LogP contribution is -2.37. The standard InChI is InChI=1S/C19H19F2N5OS.C6H10N2.CH4O/c20-12-3-4-13(14(21)11-12)15-16-17(24-19(28-16)26-5-1-2-6-26)23-18(22-15)25-7-9-27-10-8-25;7-4-1-5-8-6-2-3-6;1-2/h3-4,11H,1-2,5-10H2;1,4-6H,2-3,7H2;2H,1H3/b;4-1-,8-5?;. The minimum absolute atomic E-state index is 0.264. The van der Waals surface area contributed by atoms with Gasteiger partial charge >= 0.3 is 0 Å². The number of rotatable bonds is 5. The summed E-state index contributed by atoms with van der Waals surface area (Å²) >= 11 is 1.47. The molecule has 3 N–H and O–H groups in total. The summed E-state index contributed by atoms with van der Waals surface area (Å²) in [6, 6.07) is 4.19. The highest BCUT2D eigenvalue weighted by Crippen LogP contribution is 2.37. The van der Waals surface area contributed by atoms with E-state index in [9.17, 15) is 8.78 Å². The van der Waals surface area contributed by atoms with Gasteiger partial charge in [0.25, 0.3) is 0 Å². The van der Waals surface area contributed by atoms with E-state index in [2.05, 4.69) is 19.9 Å². The first-order chi connectivity index (χ1) is 18.6. The number of nitrogens with zero attached hydrogens (tertiary/aromatic N) is 6. The van der Waals surface area contributed by atoms with Gasteiger partial charge in [0, 0.05) is 51.1 Å². The Labute approximate surface area is 224 Å². The number of fused-ring (bicyclic) bond motifs is 1. The molecule has 0 radical (unpaired) electrons. The molecule has 12 heteroatoms. The maximum absolute atomic E-state index is 14.6. The normalized spacial score (nSPS) is 17.6. The number of morpholine rings is 1. The van der Waals surface area contributed by atoms with Crippen molar-refractivity contribution in [3.8, 4) is 11.3 Å². The monoisotopic (exact) mass is 545 g/mol. The van der Waals surface area contributed by atoms with Crippen molar-refractivity contribution in [2.75, 3.05) is 56.3 Å². The van der Waals surface area contributed by atoms with Crippen LogP contribution in [0, 0.1) is 11.6 Å². The average molecular weight is 546 g/mol. The van der Waals surface area contributed by atoms with Crippen LogP contribution in [0.5, 0.6) is 0 Å². The highest BCUT2D eigenvalue weighted by atomic mass is 32.1. The molecule has 3 aliphatic rings. The lowest BCUT2D eigenvalue weighted by Gasteiger charge is -2.27. The van der Waals surface area contributed by atoms with E-state index in [0.29, 0.717) is 49.6 Å². The number of aromatic nitrogens is 3. The number of nitrogens with two attached hydrogens (primary N) is 1. The summed E-state index contributed by atoms with van der Waals surface area (Å²) in [6.45, 7) is 4.45. The van der Waals surface area contributed by atoms with Crippen molar-refractivity contribution in [2.24, 2.45) is 10.7 Å². The molecule has 2 aromatic heterocycles. The van der Waals surface area contributed by atoms with Crippen molar-refractivity contribution >= 4 is 39.0 Å². The summed E-state index contributed by atoms with van der Waals surface area (Å²) in [4.78, 5) is 22.4. The van der Waals surface area contributed by atoms with Gasteiger partial charge in [-0.1, -0.05) is 11.3 Å². The number of thiazole rings is 1. The van der Waals surface area contributed by atoms with Crippen LogP contribution in [0.25, 0.3) is 21.6 Å². The third-order valence-corrected chi connectivity index (χ3v) is 7.24. The number of aliphatic imine (C=N–C) groups is 1. The van der Waals surface area contributed by atoms with Gasteiger partial charge in [-0.25, -0.2) is 13.8 Å². The lowest BCUT2D eigenvalue weighted by atomic mass is 10.1. The van der Waals surface area contributed by atoms with Gasteiger partial charge in [0.2, 0.25) is 5.95 Å². The van der Waals surface area contributed by atoms with Gasteiger partial charge in [0.1, 0.15) is 16.3 Å². The molecule has 2 aliphatic heterocycles. The van der Waals surface area contributed by atoms with E-state index in [4.69, 9.17) is 20.6 Å². The van der Waals surface area contributed by atoms with Crippen LogP contribution < -0.4 is 15.5 Å². The van der Waals surface area contributed by atoms with Crippen LogP contribution in [0.15, 0.2) is 35.5 Å². The van der Waals surface area contributed by atoms with E-state index in [-0.39, 0.29) is 5.56 Å². The maximum atomic E-state index is 14.6. The van der Waals surface area contributed by atoms with Crippen molar-refractivity contribution in [1.29, 1.82) is 0 Å². The zero-order valence-corrected chi connectivity index (χ0v) is 22.2. The number of ether oxygens (including phenoxy) is 1. The number of halogens is 2. The first-order valence-electron chi connectivity index (χ1n) is 12.7. The fourth-order valence-corrected chi connectivity index (χ4v) is 5.12. The summed E-state index contributed by atoms with van der Waals surface area (Å²) in [7, 11) is 1.00. The molecule has 0 amide bonds. The molecule has 3 fully saturated rings. The van der Waals surface area contributed by atoms with E-state index in [1.165, 1.54) is 42.5 Å². The van der Waals surface area contributed by atoms with Gasteiger partial charge in [-0.15, -0.1) is 0 Å². The molecule has 0 atom stereocenters. The van der Waals surface area contributed by atoms with E-state index in [1.54, 1.807) is 12.3 Å².